The summed E-state index contributed by atoms with van der Waals surface area (Å²) in [5.41, 5.74) is 1.37. The minimum absolute atomic E-state index is 0.158. The molecule has 0 radical (unpaired) electrons. The first-order valence-corrected chi connectivity index (χ1v) is 7.27. The van der Waals surface area contributed by atoms with Crippen molar-refractivity contribution in [3.05, 3.63) is 18.2 Å². The van der Waals surface area contributed by atoms with Crippen LogP contribution in [-0.2, 0) is 4.74 Å². The summed E-state index contributed by atoms with van der Waals surface area (Å²) in [5, 5.41) is 3.59. The Hall–Kier alpha value is -0.870. The lowest BCUT2D eigenvalue weighted by Crippen LogP contribution is -2.39. The van der Waals surface area contributed by atoms with Gasteiger partial charge >= 0.3 is 0 Å². The highest BCUT2D eigenvalue weighted by Crippen LogP contribution is 2.35. The van der Waals surface area contributed by atoms with Gasteiger partial charge in [0.25, 0.3) is 0 Å². The van der Waals surface area contributed by atoms with Crippen molar-refractivity contribution in [2.45, 2.75) is 58.7 Å². The summed E-state index contributed by atoms with van der Waals surface area (Å²) in [6.45, 7) is 12.8. The summed E-state index contributed by atoms with van der Waals surface area (Å²) in [6.07, 6.45) is 5.17. The minimum Gasteiger partial charge on any atom is -0.372 e. The van der Waals surface area contributed by atoms with Gasteiger partial charge in [-0.3, -0.25) is 0 Å². The molecule has 2 atom stereocenters. The third kappa shape index (κ3) is 3.57. The van der Waals surface area contributed by atoms with Crippen molar-refractivity contribution >= 4 is 0 Å². The fourth-order valence-corrected chi connectivity index (χ4v) is 2.57. The first-order valence-electron chi connectivity index (χ1n) is 7.27. The van der Waals surface area contributed by atoms with Crippen LogP contribution in [0.25, 0.3) is 0 Å². The lowest BCUT2D eigenvalue weighted by Gasteiger charge is -2.26. The van der Waals surface area contributed by atoms with E-state index < -0.39 is 0 Å². The van der Waals surface area contributed by atoms with Crippen molar-refractivity contribution in [1.82, 2.24) is 14.9 Å². The number of aromatic nitrogens is 2. The zero-order valence-electron chi connectivity index (χ0n) is 12.8. The van der Waals surface area contributed by atoms with Gasteiger partial charge in [-0.2, -0.15) is 0 Å². The molecule has 1 aromatic heterocycles. The van der Waals surface area contributed by atoms with Crippen molar-refractivity contribution in [3.8, 4) is 0 Å². The number of nitrogens with zero attached hydrogens (tertiary/aromatic N) is 2. The van der Waals surface area contributed by atoms with E-state index in [4.69, 9.17) is 4.74 Å². The third-order valence-electron chi connectivity index (χ3n) is 3.65. The number of rotatable bonds is 4. The fourth-order valence-electron chi connectivity index (χ4n) is 2.57. The second-order valence-electron chi connectivity index (χ2n) is 6.79. The standard InChI is InChI=1S/C15H27N3O/c1-11(2)18-10-16-9-13(18)14-12(6-7-19-14)8-17-15(3,4)5/h9-12,14,17H,6-8H2,1-5H3. The molecule has 0 saturated carbocycles. The number of imidazole rings is 1. The van der Waals surface area contributed by atoms with E-state index in [9.17, 15) is 0 Å². The average molecular weight is 265 g/mol. The second kappa shape index (κ2) is 5.63. The van der Waals surface area contributed by atoms with Gasteiger partial charge in [-0.15, -0.1) is 0 Å². The average Bonchev–Trinajstić information content (AvgIpc) is 2.93. The van der Waals surface area contributed by atoms with Gasteiger partial charge in [0.2, 0.25) is 0 Å². The molecule has 0 bridgehead atoms. The predicted molar refractivity (Wildman–Crippen MR) is 77.2 cm³/mol. The molecular weight excluding hydrogens is 238 g/mol. The highest BCUT2D eigenvalue weighted by molar-refractivity contribution is 5.08. The van der Waals surface area contributed by atoms with Gasteiger partial charge < -0.3 is 14.6 Å². The van der Waals surface area contributed by atoms with Gasteiger partial charge in [0.1, 0.15) is 6.10 Å². The van der Waals surface area contributed by atoms with Crippen LogP contribution in [-0.4, -0.2) is 28.2 Å². The summed E-state index contributed by atoms with van der Waals surface area (Å²) < 4.78 is 8.19. The molecule has 1 aromatic rings. The van der Waals surface area contributed by atoms with Gasteiger partial charge in [-0.05, 0) is 41.0 Å². The molecule has 0 amide bonds. The lowest BCUT2D eigenvalue weighted by molar-refractivity contribution is 0.0816. The zero-order chi connectivity index (χ0) is 14.0. The Morgan fingerprint density at radius 1 is 1.47 bits per heavy atom. The Labute approximate surface area is 116 Å². The topological polar surface area (TPSA) is 39.1 Å². The Balaban J connectivity index is 2.08. The number of ether oxygens (including phenoxy) is 1. The number of nitrogens with one attached hydrogen (secondary N) is 1. The Kier molecular flexibility index (Phi) is 4.31. The Morgan fingerprint density at radius 2 is 2.21 bits per heavy atom. The maximum atomic E-state index is 5.97. The van der Waals surface area contributed by atoms with Gasteiger partial charge in [0.05, 0.1) is 18.2 Å². The van der Waals surface area contributed by atoms with Crippen LogP contribution in [0.1, 0.15) is 58.9 Å². The van der Waals surface area contributed by atoms with Crippen molar-refractivity contribution in [3.63, 3.8) is 0 Å². The molecule has 1 saturated heterocycles. The maximum Gasteiger partial charge on any atom is 0.103 e. The van der Waals surface area contributed by atoms with Crippen LogP contribution in [0.15, 0.2) is 12.5 Å². The van der Waals surface area contributed by atoms with Crippen LogP contribution >= 0.6 is 0 Å². The molecule has 108 valence electrons. The van der Waals surface area contributed by atoms with Crippen molar-refractivity contribution < 1.29 is 4.74 Å². The summed E-state index contributed by atoms with van der Waals surface area (Å²) in [4.78, 5) is 4.29. The molecule has 2 unspecified atom stereocenters. The van der Waals surface area contributed by atoms with Crippen LogP contribution in [0.5, 0.6) is 0 Å². The van der Waals surface area contributed by atoms with Gasteiger partial charge in [0.15, 0.2) is 0 Å². The molecule has 2 heterocycles. The minimum atomic E-state index is 0.158. The SMILES string of the molecule is CC(C)n1cncc1C1OCCC1CNC(C)(C)C. The van der Waals surface area contributed by atoms with Gasteiger partial charge in [-0.1, -0.05) is 0 Å². The predicted octanol–water partition coefficient (Wildman–Crippen LogP) is 2.93. The maximum absolute atomic E-state index is 5.97. The van der Waals surface area contributed by atoms with E-state index in [1.54, 1.807) is 0 Å². The van der Waals surface area contributed by atoms with E-state index in [-0.39, 0.29) is 11.6 Å². The molecule has 1 fully saturated rings. The molecule has 1 N–H and O–H groups in total. The molecule has 0 spiro atoms. The van der Waals surface area contributed by atoms with E-state index in [2.05, 4.69) is 49.5 Å². The largest absolute Gasteiger partial charge is 0.372 e. The highest BCUT2D eigenvalue weighted by Gasteiger charge is 2.32. The quantitative estimate of drug-likeness (QED) is 0.909. The third-order valence-corrected chi connectivity index (χ3v) is 3.65. The molecule has 4 nitrogen and oxygen atoms in total. The van der Waals surface area contributed by atoms with E-state index >= 15 is 0 Å². The zero-order valence-corrected chi connectivity index (χ0v) is 12.8. The first kappa shape index (κ1) is 14.5. The molecule has 19 heavy (non-hydrogen) atoms. The van der Waals surface area contributed by atoms with Crippen molar-refractivity contribution in [2.24, 2.45) is 5.92 Å². The van der Waals surface area contributed by atoms with E-state index in [0.717, 1.165) is 19.6 Å². The van der Waals surface area contributed by atoms with Gasteiger partial charge in [-0.25, -0.2) is 4.98 Å². The molecule has 2 rings (SSSR count). The number of hydrogen-bond donors (Lipinski definition) is 1. The van der Waals surface area contributed by atoms with Crippen molar-refractivity contribution in [1.29, 1.82) is 0 Å². The number of hydrogen-bond acceptors (Lipinski definition) is 3. The molecule has 1 aliphatic rings. The first-order chi connectivity index (χ1) is 8.88. The van der Waals surface area contributed by atoms with E-state index in [0.29, 0.717) is 12.0 Å². The molecule has 4 heteroatoms. The normalized spacial score (nSPS) is 24.3. The summed E-state index contributed by atoms with van der Waals surface area (Å²) in [7, 11) is 0. The molecule has 0 aromatic carbocycles. The van der Waals surface area contributed by atoms with Crippen LogP contribution in [0, 0.1) is 5.92 Å². The monoisotopic (exact) mass is 265 g/mol. The highest BCUT2D eigenvalue weighted by atomic mass is 16.5. The summed E-state index contributed by atoms with van der Waals surface area (Å²) in [5.74, 6) is 0.536. The van der Waals surface area contributed by atoms with Crippen molar-refractivity contribution in [2.75, 3.05) is 13.2 Å². The smallest absolute Gasteiger partial charge is 0.103 e. The van der Waals surface area contributed by atoms with E-state index in [1.165, 1.54) is 5.69 Å². The summed E-state index contributed by atoms with van der Waals surface area (Å²) in [6, 6.07) is 0.429. The molecule has 1 aliphatic heterocycles. The fraction of sp³-hybridized carbons (Fsp3) is 0.800. The van der Waals surface area contributed by atoms with E-state index in [1.807, 2.05) is 12.5 Å². The summed E-state index contributed by atoms with van der Waals surface area (Å²) >= 11 is 0. The van der Waals surface area contributed by atoms with Gasteiger partial charge in [0, 0.05) is 30.7 Å². The second-order valence-corrected chi connectivity index (χ2v) is 6.79. The van der Waals surface area contributed by atoms with Crippen LogP contribution in [0.4, 0.5) is 0 Å². The Morgan fingerprint density at radius 3 is 2.84 bits per heavy atom. The molecular formula is C15H27N3O. The van der Waals surface area contributed by atoms with Crippen LogP contribution in [0.2, 0.25) is 0 Å². The molecule has 0 aliphatic carbocycles. The van der Waals surface area contributed by atoms with Crippen LogP contribution in [0.3, 0.4) is 0 Å². The Bertz CT molecular complexity index is 406. The van der Waals surface area contributed by atoms with Crippen LogP contribution < -0.4 is 5.32 Å². The lowest BCUT2D eigenvalue weighted by atomic mass is 9.97.